The second-order valence-electron chi connectivity index (χ2n) is 0. The zero-order valence-corrected chi connectivity index (χ0v) is 11.6. The fourth-order valence-electron chi connectivity index (χ4n) is 0. The van der Waals surface area contributed by atoms with Crippen LogP contribution in [0.25, 0.3) is 0 Å². The van der Waals surface area contributed by atoms with Crippen molar-refractivity contribution in [3.05, 3.63) is 0 Å². The molecule has 0 N–H and O–H groups in total. The van der Waals surface area contributed by atoms with E-state index >= 15 is 0 Å². The maximum atomic E-state index is 0. The van der Waals surface area contributed by atoms with Gasteiger partial charge in [0.25, 0.3) is 0 Å². The molecule has 0 heterocycles. The molecule has 0 aromatic rings. The van der Waals surface area contributed by atoms with Crippen LogP contribution in [-0.4, -0.2) is 45.5 Å². The largest absolute Gasteiger partial charge is 2.00 e. The molecular formula is H2CuLaMnOSr. The van der Waals surface area contributed by atoms with Crippen LogP contribution in [-0.2, 0) is 39.6 Å². The molecule has 0 spiro atoms. The summed E-state index contributed by atoms with van der Waals surface area (Å²) in [6.07, 6.45) is 0. The van der Waals surface area contributed by atoms with Crippen molar-refractivity contribution in [3.63, 3.8) is 0 Å². The van der Waals surface area contributed by atoms with Crippen molar-refractivity contribution in [1.29, 1.82) is 0 Å². The van der Waals surface area contributed by atoms with Crippen molar-refractivity contribution in [2.45, 2.75) is 0 Å². The molecule has 0 amide bonds. The molecule has 0 aromatic heterocycles. The summed E-state index contributed by atoms with van der Waals surface area (Å²) in [5, 5.41) is 0. The zero-order valence-electron chi connectivity index (χ0n) is 4.37. The summed E-state index contributed by atoms with van der Waals surface area (Å²) in [7, 11) is 0. The first-order chi connectivity index (χ1) is 0. The van der Waals surface area contributed by atoms with E-state index in [0.717, 1.165) is 0 Å². The van der Waals surface area contributed by atoms with E-state index in [1.54, 1.807) is 0 Å². The Morgan fingerprint density at radius 3 is 1.20 bits per heavy atom. The molecule has 3 radical (unpaired) electrons. The summed E-state index contributed by atoms with van der Waals surface area (Å²) < 4.78 is 0. The zero-order chi connectivity index (χ0) is 0. The van der Waals surface area contributed by atoms with Crippen molar-refractivity contribution in [2.75, 3.05) is 0 Å². The molecule has 0 aliphatic carbocycles. The molecule has 0 bridgehead atoms. The molecule has 1 nitrogen and oxygen atoms in total. The van der Waals surface area contributed by atoms with Gasteiger partial charge in [-0.25, -0.2) is 0 Å². The van der Waals surface area contributed by atoms with Crippen LogP contribution >= 0.6 is 0 Å². The van der Waals surface area contributed by atoms with Crippen molar-refractivity contribution >= 4 is 45.5 Å². The van der Waals surface area contributed by atoms with Gasteiger partial charge in [0.2, 0.25) is 0 Å². The van der Waals surface area contributed by atoms with Gasteiger partial charge in [-0.3, -0.25) is 0 Å². The smallest absolute Gasteiger partial charge is 2.00 e. The molecule has 0 saturated heterocycles. The maximum absolute atomic E-state index is 0. The normalized spacial score (nSPS) is 0. The Bertz CT molecular complexity index is 17.7. The van der Waals surface area contributed by atoms with Crippen LogP contribution in [0.3, 0.4) is 0 Å². The van der Waals surface area contributed by atoms with Gasteiger partial charge in [-0.2, -0.15) is 0 Å². The third kappa shape index (κ3) is 18.3. The molecule has 5 heavy (non-hydrogen) atoms. The van der Waals surface area contributed by atoms with Crippen molar-refractivity contribution in [1.82, 2.24) is 0 Å². The second-order valence-corrected chi connectivity index (χ2v) is 0. The monoisotopic (exact) mass is 363 g/mol. The Morgan fingerprint density at radius 2 is 1.20 bits per heavy atom. The summed E-state index contributed by atoms with van der Waals surface area (Å²) in [4.78, 5) is 0. The molecule has 0 aromatic carbocycles. The van der Waals surface area contributed by atoms with Crippen molar-refractivity contribution in [2.24, 2.45) is 0 Å². The van der Waals surface area contributed by atoms with Crippen molar-refractivity contribution in [3.8, 4) is 0 Å². The minimum Gasteiger partial charge on any atom is -2.00 e. The van der Waals surface area contributed by atoms with E-state index in [9.17, 15) is 0 Å². The van der Waals surface area contributed by atoms with E-state index < -0.39 is 0 Å². The molecule has 31 valence electrons. The minimum absolute atomic E-state index is 0. The predicted molar refractivity (Wildman–Crippen MR) is 8.66 cm³/mol. The van der Waals surface area contributed by atoms with Crippen LogP contribution in [0.4, 0.5) is 0 Å². The van der Waals surface area contributed by atoms with Crippen LogP contribution in [0.15, 0.2) is 0 Å². The Kier molecular flexibility index (Phi) is 192. The van der Waals surface area contributed by atoms with Crippen molar-refractivity contribution < 1.29 is 78.1 Å². The molecule has 0 saturated carbocycles. The topological polar surface area (TPSA) is 28.5 Å². The van der Waals surface area contributed by atoms with Gasteiger partial charge in [-0.05, 0) is 0 Å². The molecule has 0 fully saturated rings. The molecule has 0 rings (SSSR count). The average molecular weight is 363 g/mol. The first-order valence-corrected chi connectivity index (χ1v) is 0. The van der Waals surface area contributed by atoms with E-state index in [0.29, 0.717) is 0 Å². The Balaban J connectivity index is 0. The van der Waals surface area contributed by atoms with Gasteiger partial charge >= 0.3 is 62.6 Å². The number of hydrogen-bond donors (Lipinski definition) is 0. The Hall–Kier alpha value is 3.67. The average Bonchev–Trinajstić information content (AvgIpc) is 0. The SMILES string of the molecule is [Cu+2].[H-].[H-].[La].[Mn].[O-2].[Sr+2]. The van der Waals surface area contributed by atoms with Gasteiger partial charge < -0.3 is 8.33 Å². The van der Waals surface area contributed by atoms with Gasteiger partial charge in [0.15, 0.2) is 0 Å². The first-order valence-electron chi connectivity index (χ1n) is 0. The summed E-state index contributed by atoms with van der Waals surface area (Å²) in [5.74, 6) is 0. The quantitative estimate of drug-likeness (QED) is 0.530. The summed E-state index contributed by atoms with van der Waals surface area (Å²) in [6.45, 7) is 0. The maximum Gasteiger partial charge on any atom is 2.00 e. The van der Waals surface area contributed by atoms with E-state index in [-0.39, 0.29) is 124 Å². The van der Waals surface area contributed by atoms with Crippen LogP contribution in [0.5, 0.6) is 0 Å². The fraction of sp³-hybridized carbons (Fsp3) is 0. The van der Waals surface area contributed by atoms with Gasteiger partial charge in [-0.15, -0.1) is 0 Å². The second kappa shape index (κ2) is 25.3. The van der Waals surface area contributed by atoms with Crippen LogP contribution < -0.4 is 0 Å². The van der Waals surface area contributed by atoms with Crippen LogP contribution in [0.1, 0.15) is 2.85 Å². The Labute approximate surface area is 121 Å². The van der Waals surface area contributed by atoms with E-state index in [2.05, 4.69) is 0 Å². The summed E-state index contributed by atoms with van der Waals surface area (Å²) in [5.41, 5.74) is 0. The third-order valence-corrected chi connectivity index (χ3v) is 0. The number of hydrogen-bond acceptors (Lipinski definition) is 0. The molecule has 0 aliphatic rings. The molecule has 0 atom stereocenters. The molecule has 0 unspecified atom stereocenters. The molecular weight excluding hydrogens is 361 g/mol. The van der Waals surface area contributed by atoms with Gasteiger partial charge in [0.05, 0.1) is 0 Å². The Morgan fingerprint density at radius 1 is 1.20 bits per heavy atom. The molecule has 0 aliphatic heterocycles. The fourth-order valence-corrected chi connectivity index (χ4v) is 0. The summed E-state index contributed by atoms with van der Waals surface area (Å²) in [6, 6.07) is 0. The van der Waals surface area contributed by atoms with Crippen LogP contribution in [0, 0.1) is 35.6 Å². The summed E-state index contributed by atoms with van der Waals surface area (Å²) >= 11 is 0. The predicted octanol–water partition coefficient (Wildman–Crippen LogP) is -0.280. The first kappa shape index (κ1) is 37.8. The number of rotatable bonds is 0. The third-order valence-electron chi connectivity index (χ3n) is 0. The van der Waals surface area contributed by atoms with Gasteiger partial charge in [0.1, 0.15) is 0 Å². The van der Waals surface area contributed by atoms with Gasteiger partial charge in [0, 0.05) is 52.7 Å². The molecule has 5 heteroatoms. The van der Waals surface area contributed by atoms with E-state index in [4.69, 9.17) is 0 Å². The van der Waals surface area contributed by atoms with Crippen LogP contribution in [0.2, 0.25) is 0 Å². The van der Waals surface area contributed by atoms with E-state index in [1.807, 2.05) is 0 Å². The standard InChI is InChI=1S/Cu.La.Mn.O.Sr.2H/q+2;;;-2;+2;2*-1. The van der Waals surface area contributed by atoms with Gasteiger partial charge in [-0.1, -0.05) is 0 Å². The minimum atomic E-state index is 0. The van der Waals surface area contributed by atoms with E-state index in [1.165, 1.54) is 0 Å².